The molecule has 1 aliphatic heterocycles. The van der Waals surface area contributed by atoms with Crippen molar-refractivity contribution in [3.8, 4) is 0 Å². The predicted octanol–water partition coefficient (Wildman–Crippen LogP) is 2.59. The molecular formula is C18H18FN5OS. The molecule has 8 heteroatoms. The highest BCUT2D eigenvalue weighted by molar-refractivity contribution is 7.22. The van der Waals surface area contributed by atoms with Gasteiger partial charge in [0.2, 0.25) is 5.91 Å². The van der Waals surface area contributed by atoms with E-state index in [-0.39, 0.29) is 11.7 Å². The number of benzene rings is 1. The van der Waals surface area contributed by atoms with Crippen LogP contribution in [0.15, 0.2) is 42.6 Å². The van der Waals surface area contributed by atoms with Crippen LogP contribution in [-0.2, 0) is 4.79 Å². The number of aromatic nitrogens is 2. The number of piperazine rings is 1. The van der Waals surface area contributed by atoms with Gasteiger partial charge in [-0.25, -0.2) is 14.4 Å². The number of hydrogen-bond acceptors (Lipinski definition) is 6. The monoisotopic (exact) mass is 371 g/mol. The highest BCUT2D eigenvalue weighted by atomic mass is 32.1. The maximum atomic E-state index is 13.2. The minimum atomic E-state index is -0.301. The van der Waals surface area contributed by atoms with Crippen molar-refractivity contribution in [2.75, 3.05) is 42.9 Å². The third kappa shape index (κ3) is 3.81. The van der Waals surface area contributed by atoms with Crippen molar-refractivity contribution in [2.24, 2.45) is 0 Å². The van der Waals surface area contributed by atoms with E-state index in [1.54, 1.807) is 12.3 Å². The molecule has 1 aromatic carbocycles. The van der Waals surface area contributed by atoms with Crippen LogP contribution in [-0.4, -0.2) is 53.5 Å². The molecule has 0 saturated carbocycles. The lowest BCUT2D eigenvalue weighted by atomic mass is 10.3. The van der Waals surface area contributed by atoms with Crippen LogP contribution in [0.3, 0.4) is 0 Å². The number of thiazole rings is 1. The molecule has 6 nitrogen and oxygen atoms in total. The van der Waals surface area contributed by atoms with E-state index in [2.05, 4.69) is 25.1 Å². The summed E-state index contributed by atoms with van der Waals surface area (Å²) >= 11 is 1.28. The Hall–Kier alpha value is -2.58. The molecule has 0 spiro atoms. The fraction of sp³-hybridized carbons (Fsp3) is 0.278. The van der Waals surface area contributed by atoms with Crippen LogP contribution in [0, 0.1) is 5.82 Å². The first kappa shape index (κ1) is 16.9. The number of amides is 1. The van der Waals surface area contributed by atoms with Gasteiger partial charge in [-0.2, -0.15) is 0 Å². The second-order valence-electron chi connectivity index (χ2n) is 6.13. The van der Waals surface area contributed by atoms with Gasteiger partial charge in [-0.1, -0.05) is 17.4 Å². The number of anilines is 2. The fourth-order valence-electron chi connectivity index (χ4n) is 2.99. The maximum Gasteiger partial charge on any atom is 0.240 e. The fourth-order valence-corrected chi connectivity index (χ4v) is 3.90. The first-order valence-corrected chi connectivity index (χ1v) is 9.23. The van der Waals surface area contributed by atoms with Crippen LogP contribution in [0.25, 0.3) is 10.2 Å². The Kier molecular flexibility index (Phi) is 4.77. The largest absolute Gasteiger partial charge is 0.354 e. The number of carbonyl (C=O) groups is 1. The van der Waals surface area contributed by atoms with Crippen LogP contribution in [0.2, 0.25) is 0 Å². The first-order chi connectivity index (χ1) is 12.7. The summed E-state index contributed by atoms with van der Waals surface area (Å²) in [5, 5.41) is 3.32. The Bertz CT molecular complexity index is 908. The Balaban J connectivity index is 1.31. The lowest BCUT2D eigenvalue weighted by Gasteiger charge is -2.34. The van der Waals surface area contributed by atoms with E-state index in [0.29, 0.717) is 17.2 Å². The van der Waals surface area contributed by atoms with E-state index in [4.69, 9.17) is 0 Å². The summed E-state index contributed by atoms with van der Waals surface area (Å²) in [6.07, 6.45) is 1.79. The summed E-state index contributed by atoms with van der Waals surface area (Å²) < 4.78 is 14.0. The van der Waals surface area contributed by atoms with Gasteiger partial charge in [-0.3, -0.25) is 9.69 Å². The SMILES string of the molecule is O=C(CN1CCN(c2ccccn2)CC1)Nc1nc2ccc(F)cc2s1. The number of carbonyl (C=O) groups excluding carboxylic acids is 1. The van der Waals surface area contributed by atoms with Crippen molar-refractivity contribution in [1.82, 2.24) is 14.9 Å². The number of pyridine rings is 1. The van der Waals surface area contributed by atoms with Crippen LogP contribution in [0.4, 0.5) is 15.3 Å². The van der Waals surface area contributed by atoms with Crippen molar-refractivity contribution in [3.63, 3.8) is 0 Å². The minimum Gasteiger partial charge on any atom is -0.354 e. The summed E-state index contributed by atoms with van der Waals surface area (Å²) in [6.45, 7) is 3.60. The molecule has 2 aromatic heterocycles. The molecule has 4 rings (SSSR count). The van der Waals surface area contributed by atoms with Crippen molar-refractivity contribution >= 4 is 38.4 Å². The Morgan fingerprint density at radius 2 is 2.04 bits per heavy atom. The number of nitrogens with one attached hydrogen (secondary N) is 1. The van der Waals surface area contributed by atoms with E-state index in [0.717, 1.165) is 36.7 Å². The highest BCUT2D eigenvalue weighted by Crippen LogP contribution is 2.26. The number of fused-ring (bicyclic) bond motifs is 1. The second-order valence-corrected chi connectivity index (χ2v) is 7.16. The molecule has 0 radical (unpaired) electrons. The lowest BCUT2D eigenvalue weighted by molar-refractivity contribution is -0.117. The zero-order chi connectivity index (χ0) is 17.9. The molecule has 1 amide bonds. The summed E-state index contributed by atoms with van der Waals surface area (Å²) in [5.41, 5.74) is 0.690. The molecule has 0 aliphatic carbocycles. The quantitative estimate of drug-likeness (QED) is 0.764. The maximum absolute atomic E-state index is 13.2. The molecule has 0 bridgehead atoms. The predicted molar refractivity (Wildman–Crippen MR) is 101 cm³/mol. The van der Waals surface area contributed by atoms with Gasteiger partial charge >= 0.3 is 0 Å². The molecule has 3 heterocycles. The lowest BCUT2D eigenvalue weighted by Crippen LogP contribution is -2.48. The molecule has 1 saturated heterocycles. The smallest absolute Gasteiger partial charge is 0.240 e. The molecule has 3 aromatic rings. The van der Waals surface area contributed by atoms with Crippen LogP contribution in [0.1, 0.15) is 0 Å². The summed E-state index contributed by atoms with van der Waals surface area (Å²) in [4.78, 5) is 25.3. The summed E-state index contributed by atoms with van der Waals surface area (Å²) in [6, 6.07) is 10.3. The number of rotatable bonds is 4. The first-order valence-electron chi connectivity index (χ1n) is 8.42. The van der Waals surface area contributed by atoms with Crippen molar-refractivity contribution < 1.29 is 9.18 Å². The van der Waals surface area contributed by atoms with Gasteiger partial charge in [-0.05, 0) is 30.3 Å². The normalized spacial score (nSPS) is 15.3. The highest BCUT2D eigenvalue weighted by Gasteiger charge is 2.20. The van der Waals surface area contributed by atoms with E-state index in [1.807, 2.05) is 18.2 Å². The number of halogens is 1. The standard InChI is InChI=1S/C18H18FN5OS/c19-13-4-5-14-15(11-13)26-18(21-14)22-17(25)12-23-7-9-24(10-8-23)16-3-1-2-6-20-16/h1-6,11H,7-10,12H2,(H,21,22,25). The Morgan fingerprint density at radius 1 is 1.19 bits per heavy atom. The van der Waals surface area contributed by atoms with Crippen molar-refractivity contribution in [3.05, 3.63) is 48.4 Å². The molecule has 134 valence electrons. The van der Waals surface area contributed by atoms with Crippen molar-refractivity contribution in [1.29, 1.82) is 0 Å². The van der Waals surface area contributed by atoms with Crippen LogP contribution >= 0.6 is 11.3 Å². The van der Waals surface area contributed by atoms with E-state index >= 15 is 0 Å². The summed E-state index contributed by atoms with van der Waals surface area (Å²) in [5.74, 6) is 0.568. The van der Waals surface area contributed by atoms with Gasteiger partial charge in [0.15, 0.2) is 5.13 Å². The van der Waals surface area contributed by atoms with Gasteiger partial charge in [-0.15, -0.1) is 0 Å². The van der Waals surface area contributed by atoms with Gasteiger partial charge < -0.3 is 10.2 Å². The Morgan fingerprint density at radius 3 is 2.81 bits per heavy atom. The third-order valence-corrected chi connectivity index (χ3v) is 5.24. The average Bonchev–Trinajstić information content (AvgIpc) is 3.04. The molecular weight excluding hydrogens is 353 g/mol. The third-order valence-electron chi connectivity index (χ3n) is 4.31. The van der Waals surface area contributed by atoms with Crippen LogP contribution < -0.4 is 10.2 Å². The van der Waals surface area contributed by atoms with Crippen molar-refractivity contribution in [2.45, 2.75) is 0 Å². The van der Waals surface area contributed by atoms with E-state index in [1.165, 1.54) is 23.5 Å². The molecule has 1 fully saturated rings. The Labute approximate surface area is 154 Å². The molecule has 1 aliphatic rings. The molecule has 0 atom stereocenters. The zero-order valence-corrected chi connectivity index (χ0v) is 14.9. The molecule has 1 N–H and O–H groups in total. The topological polar surface area (TPSA) is 61.4 Å². The minimum absolute atomic E-state index is 0.101. The van der Waals surface area contributed by atoms with E-state index < -0.39 is 0 Å². The van der Waals surface area contributed by atoms with Gasteiger partial charge in [0, 0.05) is 32.4 Å². The molecule has 26 heavy (non-hydrogen) atoms. The zero-order valence-electron chi connectivity index (χ0n) is 14.1. The average molecular weight is 371 g/mol. The second kappa shape index (κ2) is 7.35. The number of nitrogens with zero attached hydrogens (tertiary/aromatic N) is 4. The van der Waals surface area contributed by atoms with Gasteiger partial charge in [0.1, 0.15) is 11.6 Å². The van der Waals surface area contributed by atoms with Gasteiger partial charge in [0.25, 0.3) is 0 Å². The number of hydrogen-bond donors (Lipinski definition) is 1. The van der Waals surface area contributed by atoms with Crippen LogP contribution in [0.5, 0.6) is 0 Å². The molecule has 0 unspecified atom stereocenters. The summed E-state index contributed by atoms with van der Waals surface area (Å²) in [7, 11) is 0. The van der Waals surface area contributed by atoms with E-state index in [9.17, 15) is 9.18 Å². The van der Waals surface area contributed by atoms with Gasteiger partial charge in [0.05, 0.1) is 16.8 Å².